The number of hydrogen-bond donors (Lipinski definition) is 0. The van der Waals surface area contributed by atoms with Gasteiger partial charge in [0, 0.05) is 38.9 Å². The minimum Gasteiger partial charge on any atom is -0.296 e. The zero-order chi connectivity index (χ0) is 18.4. The van der Waals surface area contributed by atoms with Crippen LogP contribution >= 0.6 is 10.7 Å². The number of hydrogen-bond acceptors (Lipinski definition) is 6. The Morgan fingerprint density at radius 1 is 1.17 bits per heavy atom. The summed E-state index contributed by atoms with van der Waals surface area (Å²) in [5.74, 6) is 0. The molecule has 0 aromatic carbocycles. The van der Waals surface area contributed by atoms with Crippen LogP contribution in [0.5, 0.6) is 0 Å². The van der Waals surface area contributed by atoms with Crippen molar-refractivity contribution in [2.75, 3.05) is 28.2 Å². The fraction of sp³-hybridized carbons (Fsp3) is 0.636. The predicted molar refractivity (Wildman–Crippen MR) is 88.1 cm³/mol. The Hall–Kier alpha value is -1.01. The van der Waals surface area contributed by atoms with Crippen molar-refractivity contribution in [1.29, 1.82) is 0 Å². The van der Waals surface area contributed by atoms with E-state index in [0.29, 0.717) is 18.4 Å². The number of nitrogens with zero attached hydrogens (tertiary/aromatic N) is 4. The molecule has 0 unspecified atom stereocenters. The summed E-state index contributed by atoms with van der Waals surface area (Å²) in [5.41, 5.74) is 0.624. The molecule has 0 saturated carbocycles. The fourth-order valence-electron chi connectivity index (χ4n) is 1.32. The van der Waals surface area contributed by atoms with Crippen molar-refractivity contribution in [1.82, 2.24) is 17.6 Å². The Bertz CT molecular complexity index is 726. The van der Waals surface area contributed by atoms with Crippen LogP contribution in [0, 0.1) is 0 Å². The number of carbonyl (C=O) groups is 1. The average molecular weight is 389 g/mol. The molecule has 0 bridgehead atoms. The van der Waals surface area contributed by atoms with Crippen molar-refractivity contribution in [2.45, 2.75) is 19.8 Å². The molecule has 12 heteroatoms. The molecule has 0 atom stereocenters. The highest BCUT2D eigenvalue weighted by Crippen LogP contribution is 2.13. The van der Waals surface area contributed by atoms with Crippen LogP contribution in [0.2, 0.25) is 0 Å². The van der Waals surface area contributed by atoms with Crippen LogP contribution in [0.4, 0.5) is 0 Å². The largest absolute Gasteiger partial charge is 0.308 e. The fourth-order valence-corrected chi connectivity index (χ4v) is 2.30. The van der Waals surface area contributed by atoms with Crippen molar-refractivity contribution >= 4 is 36.4 Å². The summed E-state index contributed by atoms with van der Waals surface area (Å²) in [5, 5.41) is 0. The first kappa shape index (κ1) is 22.0. The van der Waals surface area contributed by atoms with Crippen molar-refractivity contribution in [3.8, 4) is 0 Å². The lowest BCUT2D eigenvalue weighted by Gasteiger charge is -2.14. The number of carbonyl (C=O) groups excluding carboxylic acids is 1. The van der Waals surface area contributed by atoms with Crippen molar-refractivity contribution in [3.05, 3.63) is 17.7 Å². The van der Waals surface area contributed by atoms with E-state index in [9.17, 15) is 21.6 Å². The molecule has 0 aliphatic carbocycles. The molecular weight excluding hydrogens is 368 g/mol. The Morgan fingerprint density at radius 3 is 1.96 bits per heavy atom. The van der Waals surface area contributed by atoms with E-state index in [0.717, 1.165) is 19.0 Å². The molecular formula is C11H21ClN4O5S2. The van der Waals surface area contributed by atoms with Gasteiger partial charge in [-0.2, -0.15) is 25.4 Å². The quantitative estimate of drug-likeness (QED) is 0.513. The Labute approximate surface area is 141 Å². The van der Waals surface area contributed by atoms with Gasteiger partial charge in [0.1, 0.15) is 12.0 Å². The van der Waals surface area contributed by atoms with Gasteiger partial charge in [0.2, 0.25) is 0 Å². The van der Waals surface area contributed by atoms with Gasteiger partial charge in [0.15, 0.2) is 6.29 Å². The topological polar surface area (TPSA) is 110 Å². The molecule has 0 amide bonds. The lowest BCUT2D eigenvalue weighted by molar-refractivity contribution is 0.111. The van der Waals surface area contributed by atoms with E-state index >= 15 is 0 Å². The molecule has 0 aliphatic rings. The van der Waals surface area contributed by atoms with E-state index in [1.165, 1.54) is 34.5 Å². The third kappa shape index (κ3) is 6.18. The van der Waals surface area contributed by atoms with E-state index in [2.05, 4.69) is 4.98 Å². The summed E-state index contributed by atoms with van der Waals surface area (Å²) >= 11 is 0. The van der Waals surface area contributed by atoms with Gasteiger partial charge in [-0.15, -0.1) is 0 Å². The summed E-state index contributed by atoms with van der Waals surface area (Å²) < 4.78 is 46.9. The smallest absolute Gasteiger partial charge is 0.296 e. The molecule has 0 fully saturated rings. The second-order valence-corrected chi connectivity index (χ2v) is 9.50. The van der Waals surface area contributed by atoms with Gasteiger partial charge in [0.05, 0.1) is 5.69 Å². The van der Waals surface area contributed by atoms with Gasteiger partial charge in [-0.3, -0.25) is 4.79 Å². The van der Waals surface area contributed by atoms with Crippen LogP contribution in [-0.4, -0.2) is 68.9 Å². The van der Waals surface area contributed by atoms with Crippen molar-refractivity contribution in [2.24, 2.45) is 0 Å². The van der Waals surface area contributed by atoms with E-state index in [1.54, 1.807) is 0 Å². The van der Waals surface area contributed by atoms with Crippen LogP contribution in [0.25, 0.3) is 0 Å². The van der Waals surface area contributed by atoms with E-state index < -0.39 is 19.4 Å². The van der Waals surface area contributed by atoms with Gasteiger partial charge in [0.25, 0.3) is 9.24 Å². The predicted octanol–water partition coefficient (Wildman–Crippen LogP) is 0.334. The summed E-state index contributed by atoms with van der Waals surface area (Å²) in [6.45, 7) is 1.91. The number of aromatic nitrogens is 2. The number of rotatable bonds is 6. The maximum atomic E-state index is 11.9. The Balaban J connectivity index is 0.000000585. The van der Waals surface area contributed by atoms with Gasteiger partial charge < -0.3 is 0 Å². The first-order chi connectivity index (χ1) is 10.4. The maximum Gasteiger partial charge on any atom is 0.308 e. The zero-order valence-corrected chi connectivity index (χ0v) is 16.0. The third-order valence-corrected chi connectivity index (χ3v) is 6.04. The number of halogens is 1. The van der Waals surface area contributed by atoms with Crippen LogP contribution < -0.4 is 0 Å². The van der Waals surface area contributed by atoms with Crippen molar-refractivity contribution < 1.29 is 21.6 Å². The first-order valence-corrected chi connectivity index (χ1v) is 10.1. The molecule has 1 rings (SSSR count). The molecule has 23 heavy (non-hydrogen) atoms. The minimum atomic E-state index is -3.59. The third-order valence-electron chi connectivity index (χ3n) is 2.61. The molecule has 0 radical (unpaired) electrons. The molecule has 1 aromatic heterocycles. The van der Waals surface area contributed by atoms with E-state index in [1.807, 2.05) is 6.92 Å². The highest BCUT2D eigenvalue weighted by Gasteiger charge is 2.22. The summed E-state index contributed by atoms with van der Waals surface area (Å²) in [6, 6.07) is 0. The normalized spacial score (nSPS) is 12.2. The van der Waals surface area contributed by atoms with Gasteiger partial charge >= 0.3 is 10.2 Å². The second kappa shape index (κ2) is 8.73. The standard InChI is InChI=1S/C9H15N3O3S.C2H6ClNO2S/c1-4-5-9-8(6-13)10-7-12(9)16(14,15)11(2)3;1-4(2)7(3,5)6/h6-7H,4-5H2,1-3H3;1-2H3. The van der Waals surface area contributed by atoms with Crippen LogP contribution in [0.15, 0.2) is 6.33 Å². The van der Waals surface area contributed by atoms with Gasteiger partial charge in [-0.05, 0) is 6.42 Å². The highest BCUT2D eigenvalue weighted by molar-refractivity contribution is 8.11. The summed E-state index contributed by atoms with van der Waals surface area (Å²) in [7, 11) is 3.34. The molecule has 0 spiro atoms. The maximum absolute atomic E-state index is 11.9. The van der Waals surface area contributed by atoms with Crippen LogP contribution in [-0.2, 0) is 25.9 Å². The molecule has 0 N–H and O–H groups in total. The lowest BCUT2D eigenvalue weighted by atomic mass is 10.2. The second-order valence-electron chi connectivity index (χ2n) is 4.75. The highest BCUT2D eigenvalue weighted by atomic mass is 35.7. The summed E-state index contributed by atoms with van der Waals surface area (Å²) in [4.78, 5) is 14.5. The molecule has 9 nitrogen and oxygen atoms in total. The molecule has 1 aromatic rings. The average Bonchev–Trinajstić information content (AvgIpc) is 2.82. The minimum absolute atomic E-state index is 0.187. The first-order valence-electron chi connectivity index (χ1n) is 6.46. The number of imidazole rings is 1. The van der Waals surface area contributed by atoms with Crippen LogP contribution in [0.1, 0.15) is 29.5 Å². The molecule has 134 valence electrons. The van der Waals surface area contributed by atoms with Gasteiger partial charge in [-0.1, -0.05) is 13.3 Å². The molecule has 1 heterocycles. The van der Waals surface area contributed by atoms with Gasteiger partial charge in [-0.25, -0.2) is 8.96 Å². The Morgan fingerprint density at radius 2 is 1.65 bits per heavy atom. The Kier molecular flexibility index (Phi) is 8.35. The van der Waals surface area contributed by atoms with E-state index in [4.69, 9.17) is 10.7 Å². The van der Waals surface area contributed by atoms with Crippen LogP contribution in [0.3, 0.4) is 0 Å². The SMILES string of the molecule is CCCc1c(C=O)ncn1S(=O)(=O)N(C)C.CN(C)S(=O)(=O)Cl. The molecule has 0 aliphatic heterocycles. The summed E-state index contributed by atoms with van der Waals surface area (Å²) in [6.07, 6.45) is 2.99. The monoisotopic (exact) mass is 388 g/mol. The zero-order valence-electron chi connectivity index (χ0n) is 13.6. The van der Waals surface area contributed by atoms with Crippen molar-refractivity contribution in [3.63, 3.8) is 0 Å². The van der Waals surface area contributed by atoms with E-state index in [-0.39, 0.29) is 5.69 Å². The lowest BCUT2D eigenvalue weighted by Crippen LogP contribution is -2.29. The number of aldehydes is 1. The molecule has 0 saturated heterocycles.